The minimum Gasteiger partial charge on any atom is -0.394 e. The van der Waals surface area contributed by atoms with Gasteiger partial charge in [-0.3, -0.25) is 9.36 Å². The third-order valence-electron chi connectivity index (χ3n) is 3.16. The number of aromatic nitrogens is 4. The molecule has 0 spiro atoms. The highest BCUT2D eigenvalue weighted by Crippen LogP contribution is 2.30. The van der Waals surface area contributed by atoms with E-state index in [4.69, 9.17) is 9.84 Å². The molecule has 4 atom stereocenters. The number of aliphatic hydroxyl groups excluding tert-OH is 3. The van der Waals surface area contributed by atoms with E-state index < -0.39 is 36.7 Å². The Morgan fingerprint density at radius 2 is 2.16 bits per heavy atom. The third-order valence-corrected chi connectivity index (χ3v) is 3.16. The van der Waals surface area contributed by atoms with Crippen LogP contribution in [0.1, 0.15) is 6.23 Å². The molecular weight excluding hydrogens is 257 g/mol. The topological polar surface area (TPSA) is 133 Å². The molecule has 0 bridgehead atoms. The summed E-state index contributed by atoms with van der Waals surface area (Å²) in [6.07, 6.45) is -1.78. The maximum absolute atomic E-state index is 11.5. The van der Waals surface area contributed by atoms with Crippen molar-refractivity contribution in [3.8, 4) is 0 Å². The van der Waals surface area contributed by atoms with Crippen LogP contribution in [0.15, 0.2) is 17.4 Å². The second-order valence-electron chi connectivity index (χ2n) is 4.28. The highest BCUT2D eigenvalue weighted by atomic mass is 16.6. The summed E-state index contributed by atoms with van der Waals surface area (Å²) in [4.78, 5) is 21.8. The third kappa shape index (κ3) is 1.75. The first-order valence-electron chi connectivity index (χ1n) is 5.66. The Morgan fingerprint density at radius 3 is 2.84 bits per heavy atom. The van der Waals surface area contributed by atoms with Crippen LogP contribution in [-0.2, 0) is 4.74 Å². The van der Waals surface area contributed by atoms with E-state index in [0.717, 1.165) is 0 Å². The summed E-state index contributed by atoms with van der Waals surface area (Å²) in [5.41, 5.74) is -0.0608. The smallest absolute Gasteiger partial charge is 0.278 e. The molecule has 2 aromatic heterocycles. The van der Waals surface area contributed by atoms with Gasteiger partial charge in [-0.1, -0.05) is 0 Å². The van der Waals surface area contributed by atoms with E-state index >= 15 is 0 Å². The number of aliphatic hydroxyl groups is 3. The van der Waals surface area contributed by atoms with E-state index in [1.54, 1.807) is 0 Å². The number of hydrogen-bond acceptors (Lipinski definition) is 7. The molecule has 1 fully saturated rings. The fourth-order valence-corrected chi connectivity index (χ4v) is 2.16. The first-order chi connectivity index (χ1) is 9.13. The van der Waals surface area contributed by atoms with Gasteiger partial charge in [0.2, 0.25) is 0 Å². The van der Waals surface area contributed by atoms with Crippen LogP contribution in [0.2, 0.25) is 0 Å². The van der Waals surface area contributed by atoms with Crippen molar-refractivity contribution < 1.29 is 20.1 Å². The van der Waals surface area contributed by atoms with Gasteiger partial charge in [-0.05, 0) is 0 Å². The Kier molecular flexibility index (Phi) is 2.82. The van der Waals surface area contributed by atoms with Gasteiger partial charge in [-0.25, -0.2) is 9.97 Å². The molecule has 4 N–H and O–H groups in total. The highest BCUT2D eigenvalue weighted by Gasteiger charge is 2.43. The van der Waals surface area contributed by atoms with Crippen LogP contribution in [0.5, 0.6) is 0 Å². The van der Waals surface area contributed by atoms with E-state index in [-0.39, 0.29) is 11.2 Å². The van der Waals surface area contributed by atoms with Gasteiger partial charge in [0, 0.05) is 0 Å². The van der Waals surface area contributed by atoms with Crippen molar-refractivity contribution in [2.75, 3.05) is 6.61 Å². The van der Waals surface area contributed by atoms with Gasteiger partial charge in [0.25, 0.3) is 5.56 Å². The van der Waals surface area contributed by atoms with Gasteiger partial charge in [0.1, 0.15) is 18.3 Å². The second kappa shape index (κ2) is 4.38. The lowest BCUT2D eigenvalue weighted by atomic mass is 10.2. The number of hydrogen-bond donors (Lipinski definition) is 4. The van der Waals surface area contributed by atoms with Crippen molar-refractivity contribution in [1.82, 2.24) is 19.5 Å². The highest BCUT2D eigenvalue weighted by molar-refractivity contribution is 5.68. The summed E-state index contributed by atoms with van der Waals surface area (Å²) in [6, 6.07) is 0. The van der Waals surface area contributed by atoms with Crippen molar-refractivity contribution in [3.63, 3.8) is 0 Å². The van der Waals surface area contributed by atoms with E-state index in [1.165, 1.54) is 17.2 Å². The molecule has 0 amide bonds. The van der Waals surface area contributed by atoms with E-state index in [0.29, 0.717) is 0 Å². The molecular formula is C10H12N4O5. The maximum atomic E-state index is 11.5. The predicted molar refractivity (Wildman–Crippen MR) is 61.2 cm³/mol. The Bertz CT molecular complexity index is 653. The summed E-state index contributed by atoms with van der Waals surface area (Å²) in [5.74, 6) is 0. The zero-order valence-corrected chi connectivity index (χ0v) is 9.67. The summed E-state index contributed by atoms with van der Waals surface area (Å²) in [7, 11) is 0. The molecule has 1 aliphatic rings. The molecule has 3 rings (SSSR count). The summed E-state index contributed by atoms with van der Waals surface area (Å²) >= 11 is 0. The van der Waals surface area contributed by atoms with Gasteiger partial charge in [-0.2, -0.15) is 0 Å². The average molecular weight is 269 g/mol. The van der Waals surface area contributed by atoms with Crippen molar-refractivity contribution in [3.05, 3.63) is 23.0 Å². The largest absolute Gasteiger partial charge is 0.394 e. The molecule has 102 valence electrons. The molecule has 2 aromatic rings. The first kappa shape index (κ1) is 12.2. The number of fused-ring (bicyclic) bond motifs is 1. The fourth-order valence-electron chi connectivity index (χ4n) is 2.16. The number of imidazole rings is 1. The number of aromatic amines is 1. The molecule has 0 unspecified atom stereocenters. The summed E-state index contributed by atoms with van der Waals surface area (Å²) in [6.45, 7) is -0.421. The number of nitrogens with zero attached hydrogens (tertiary/aromatic N) is 3. The van der Waals surface area contributed by atoms with Gasteiger partial charge in [0.15, 0.2) is 17.4 Å². The quantitative estimate of drug-likeness (QED) is 0.452. The zero-order chi connectivity index (χ0) is 13.6. The van der Waals surface area contributed by atoms with Gasteiger partial charge in [0.05, 0.1) is 19.3 Å². The van der Waals surface area contributed by atoms with Gasteiger partial charge in [-0.15, -0.1) is 0 Å². The van der Waals surface area contributed by atoms with Crippen LogP contribution in [0.3, 0.4) is 0 Å². The SMILES string of the molecule is O=c1[nH]cnc2c1ncn2[13C@@H]1O[C@H](CO)[C@@H](O)[C@H]1O. The second-order valence-corrected chi connectivity index (χ2v) is 4.28. The van der Waals surface area contributed by atoms with Gasteiger partial charge >= 0.3 is 0 Å². The van der Waals surface area contributed by atoms with Crippen molar-refractivity contribution in [2.45, 2.75) is 24.5 Å². The predicted octanol–water partition coefficient (Wildman–Crippen LogP) is -2.27. The first-order valence-corrected chi connectivity index (χ1v) is 5.66. The fraction of sp³-hybridized carbons (Fsp3) is 0.500. The van der Waals surface area contributed by atoms with E-state index in [9.17, 15) is 15.0 Å². The molecule has 0 aromatic carbocycles. The normalized spacial score (nSPS) is 31.1. The molecule has 19 heavy (non-hydrogen) atoms. The lowest BCUT2D eigenvalue weighted by Gasteiger charge is -2.16. The number of ether oxygens (including phenoxy) is 1. The number of rotatable bonds is 2. The number of H-pyrrole nitrogens is 1. The molecule has 0 saturated carbocycles. The lowest BCUT2D eigenvalue weighted by Crippen LogP contribution is -2.33. The minimum atomic E-state index is -1.24. The van der Waals surface area contributed by atoms with Crippen LogP contribution in [-0.4, -0.2) is 59.8 Å². The van der Waals surface area contributed by atoms with Crippen molar-refractivity contribution in [1.29, 1.82) is 0 Å². The molecule has 0 radical (unpaired) electrons. The van der Waals surface area contributed by atoms with Gasteiger partial charge < -0.3 is 25.0 Å². The molecule has 1 saturated heterocycles. The zero-order valence-electron chi connectivity index (χ0n) is 9.67. The molecule has 3 heterocycles. The van der Waals surface area contributed by atoms with Crippen LogP contribution in [0.25, 0.3) is 11.2 Å². The van der Waals surface area contributed by atoms with Crippen molar-refractivity contribution >= 4 is 11.2 Å². The monoisotopic (exact) mass is 269 g/mol. The van der Waals surface area contributed by atoms with Crippen LogP contribution < -0.4 is 5.56 Å². The van der Waals surface area contributed by atoms with Crippen LogP contribution >= 0.6 is 0 Å². The molecule has 9 heteroatoms. The number of nitrogens with one attached hydrogen (secondary N) is 1. The molecule has 1 aliphatic heterocycles. The molecule has 0 aliphatic carbocycles. The molecule has 9 nitrogen and oxygen atoms in total. The Balaban J connectivity index is 2.06. The van der Waals surface area contributed by atoms with Crippen molar-refractivity contribution in [2.24, 2.45) is 0 Å². The standard InChI is InChI=1S/C10H12N4O5/c15-1-4-6(16)7(17)10(19-4)14-3-13-5-8(14)11-2-12-9(5)18/h2-4,6-7,10,15-17H,1H2,(H,11,12,18)/t4-,6-,7-,10-/m1/s1/i10+1. The average Bonchev–Trinajstić information content (AvgIpc) is 2.94. The van der Waals surface area contributed by atoms with Crippen LogP contribution in [0.4, 0.5) is 0 Å². The van der Waals surface area contributed by atoms with Crippen LogP contribution in [0, 0.1) is 0 Å². The Labute approximate surface area is 106 Å². The van der Waals surface area contributed by atoms with E-state index in [1.807, 2.05) is 0 Å². The maximum Gasteiger partial charge on any atom is 0.278 e. The summed E-state index contributed by atoms with van der Waals surface area (Å²) < 4.78 is 6.70. The minimum absolute atomic E-state index is 0.111. The van der Waals surface area contributed by atoms with E-state index in [2.05, 4.69) is 15.0 Å². The lowest BCUT2D eigenvalue weighted by molar-refractivity contribution is -0.0511. The summed E-state index contributed by atoms with van der Waals surface area (Å²) in [5, 5.41) is 28.6. The Morgan fingerprint density at radius 1 is 1.37 bits per heavy atom. The Hall–Kier alpha value is -1.81.